The molecule has 0 aromatic carbocycles. The highest BCUT2D eigenvalue weighted by atomic mass is 15.3. The van der Waals surface area contributed by atoms with Crippen molar-refractivity contribution >= 4 is 5.82 Å². The third-order valence-corrected chi connectivity index (χ3v) is 4.11. The molecule has 118 valence electrons. The zero-order valence-corrected chi connectivity index (χ0v) is 14.2. The summed E-state index contributed by atoms with van der Waals surface area (Å²) in [6, 6.07) is 2.20. The fourth-order valence-corrected chi connectivity index (χ4v) is 2.83. The van der Waals surface area contributed by atoms with Crippen LogP contribution in [-0.4, -0.2) is 49.7 Å². The van der Waals surface area contributed by atoms with E-state index in [4.69, 9.17) is 4.98 Å². The van der Waals surface area contributed by atoms with Crippen LogP contribution in [0, 0.1) is 19.8 Å². The second kappa shape index (κ2) is 7.23. The first-order valence-corrected chi connectivity index (χ1v) is 8.08. The Hall–Kier alpha value is -1.13. The molecule has 0 unspecified atom stereocenters. The van der Waals surface area contributed by atoms with E-state index in [9.17, 15) is 0 Å². The molecule has 1 aromatic rings. The number of aryl methyl sites for hydroxylation is 2. The van der Waals surface area contributed by atoms with E-state index in [-0.39, 0.29) is 0 Å². The van der Waals surface area contributed by atoms with Crippen LogP contribution >= 0.6 is 0 Å². The number of hydrogen-bond donors (Lipinski definition) is 1. The lowest BCUT2D eigenvalue weighted by molar-refractivity contribution is 0.311. The molecule has 0 aliphatic carbocycles. The van der Waals surface area contributed by atoms with Gasteiger partial charge in [0.15, 0.2) is 0 Å². The monoisotopic (exact) mass is 290 g/mol. The Morgan fingerprint density at radius 2 is 1.86 bits per heavy atom. The Morgan fingerprint density at radius 1 is 1.19 bits per heavy atom. The molecule has 1 fully saturated rings. The van der Waals surface area contributed by atoms with Crippen molar-refractivity contribution in [1.29, 1.82) is 0 Å². The zero-order chi connectivity index (χ0) is 15.4. The number of rotatable bonds is 5. The number of aromatic nitrogens is 1. The van der Waals surface area contributed by atoms with Gasteiger partial charge in [0.05, 0.1) is 0 Å². The van der Waals surface area contributed by atoms with Crippen LogP contribution in [0.2, 0.25) is 0 Å². The van der Waals surface area contributed by atoms with Gasteiger partial charge in [0.25, 0.3) is 0 Å². The largest absolute Gasteiger partial charge is 0.354 e. The average Bonchev–Trinajstić information content (AvgIpc) is 2.41. The van der Waals surface area contributed by atoms with Gasteiger partial charge in [-0.3, -0.25) is 0 Å². The Labute approximate surface area is 129 Å². The molecule has 1 aliphatic rings. The number of piperazine rings is 1. The van der Waals surface area contributed by atoms with E-state index in [0.717, 1.165) is 45.0 Å². The van der Waals surface area contributed by atoms with E-state index in [1.54, 1.807) is 0 Å². The van der Waals surface area contributed by atoms with E-state index in [0.29, 0.717) is 5.92 Å². The molecular weight excluding hydrogens is 260 g/mol. The first kappa shape index (κ1) is 16.2. The van der Waals surface area contributed by atoms with Crippen molar-refractivity contribution in [1.82, 2.24) is 15.2 Å². The molecule has 1 aliphatic heterocycles. The second-order valence-corrected chi connectivity index (χ2v) is 6.70. The standard InChI is InChI=1S/C17H30N4/c1-13(2)11-18-12-16-14(3)10-15(4)19-17(16)21-8-6-20(5)7-9-21/h10,13,18H,6-9,11-12H2,1-5H3. The lowest BCUT2D eigenvalue weighted by Gasteiger charge is -2.35. The molecule has 4 heteroatoms. The van der Waals surface area contributed by atoms with Gasteiger partial charge in [0.1, 0.15) is 5.82 Å². The SMILES string of the molecule is Cc1cc(C)c(CNCC(C)C)c(N2CCN(C)CC2)n1. The Morgan fingerprint density at radius 3 is 2.48 bits per heavy atom. The molecule has 1 saturated heterocycles. The van der Waals surface area contributed by atoms with Crippen LogP contribution in [-0.2, 0) is 6.54 Å². The summed E-state index contributed by atoms with van der Waals surface area (Å²) in [4.78, 5) is 9.68. The zero-order valence-electron chi connectivity index (χ0n) is 14.2. The van der Waals surface area contributed by atoms with Gasteiger partial charge in [-0.2, -0.15) is 0 Å². The van der Waals surface area contributed by atoms with Crippen molar-refractivity contribution in [3.63, 3.8) is 0 Å². The average molecular weight is 290 g/mol. The third kappa shape index (κ3) is 4.42. The molecule has 2 rings (SSSR count). The molecule has 1 aromatic heterocycles. The number of pyridine rings is 1. The van der Waals surface area contributed by atoms with Gasteiger partial charge in [0.2, 0.25) is 0 Å². The van der Waals surface area contributed by atoms with E-state index in [2.05, 4.69) is 55.9 Å². The molecule has 1 N–H and O–H groups in total. The van der Waals surface area contributed by atoms with Crippen molar-refractivity contribution in [3.8, 4) is 0 Å². The number of anilines is 1. The molecule has 21 heavy (non-hydrogen) atoms. The highest BCUT2D eigenvalue weighted by Gasteiger charge is 2.19. The number of nitrogens with one attached hydrogen (secondary N) is 1. The third-order valence-electron chi connectivity index (χ3n) is 4.11. The first-order chi connectivity index (χ1) is 9.97. The Bertz CT molecular complexity index is 462. The summed E-state index contributed by atoms with van der Waals surface area (Å²) < 4.78 is 0. The maximum atomic E-state index is 4.85. The second-order valence-electron chi connectivity index (χ2n) is 6.70. The van der Waals surface area contributed by atoms with Crippen LogP contribution in [0.3, 0.4) is 0 Å². The van der Waals surface area contributed by atoms with Crippen LogP contribution in [0.1, 0.15) is 30.7 Å². The van der Waals surface area contributed by atoms with E-state index >= 15 is 0 Å². The number of nitrogens with zero attached hydrogens (tertiary/aromatic N) is 3. The topological polar surface area (TPSA) is 31.4 Å². The van der Waals surface area contributed by atoms with Crippen molar-refractivity contribution < 1.29 is 0 Å². The van der Waals surface area contributed by atoms with Crippen LogP contribution in [0.15, 0.2) is 6.07 Å². The first-order valence-electron chi connectivity index (χ1n) is 8.08. The minimum absolute atomic E-state index is 0.677. The summed E-state index contributed by atoms with van der Waals surface area (Å²) in [6.45, 7) is 15.1. The van der Waals surface area contributed by atoms with Crippen LogP contribution < -0.4 is 10.2 Å². The van der Waals surface area contributed by atoms with Crippen molar-refractivity contribution in [2.24, 2.45) is 5.92 Å². The van der Waals surface area contributed by atoms with Gasteiger partial charge in [-0.05, 0) is 45.0 Å². The molecule has 0 atom stereocenters. The predicted molar refractivity (Wildman–Crippen MR) is 90.0 cm³/mol. The van der Waals surface area contributed by atoms with Gasteiger partial charge >= 0.3 is 0 Å². The molecule has 0 saturated carbocycles. The van der Waals surface area contributed by atoms with Gasteiger partial charge in [-0.15, -0.1) is 0 Å². The van der Waals surface area contributed by atoms with Gasteiger partial charge in [-0.1, -0.05) is 13.8 Å². The summed E-state index contributed by atoms with van der Waals surface area (Å²) in [5.41, 5.74) is 3.84. The lowest BCUT2D eigenvalue weighted by Crippen LogP contribution is -2.45. The molecule has 0 spiro atoms. The number of hydrogen-bond acceptors (Lipinski definition) is 4. The smallest absolute Gasteiger partial charge is 0.133 e. The van der Waals surface area contributed by atoms with E-state index < -0.39 is 0 Å². The highest BCUT2D eigenvalue weighted by Crippen LogP contribution is 2.23. The quantitative estimate of drug-likeness (QED) is 0.901. The maximum absolute atomic E-state index is 4.85. The highest BCUT2D eigenvalue weighted by molar-refractivity contribution is 5.52. The van der Waals surface area contributed by atoms with Gasteiger partial charge < -0.3 is 15.1 Å². The molecule has 0 bridgehead atoms. The van der Waals surface area contributed by atoms with Crippen LogP contribution in [0.25, 0.3) is 0 Å². The van der Waals surface area contributed by atoms with Crippen molar-refractivity contribution in [3.05, 3.63) is 22.9 Å². The van der Waals surface area contributed by atoms with Gasteiger partial charge in [-0.25, -0.2) is 4.98 Å². The van der Waals surface area contributed by atoms with E-state index in [1.807, 2.05) is 0 Å². The fourth-order valence-electron chi connectivity index (χ4n) is 2.83. The van der Waals surface area contributed by atoms with Crippen LogP contribution in [0.4, 0.5) is 5.82 Å². The minimum atomic E-state index is 0.677. The normalized spacial score (nSPS) is 16.8. The fraction of sp³-hybridized carbons (Fsp3) is 0.706. The Balaban J connectivity index is 2.17. The number of likely N-dealkylation sites (N-methyl/N-ethyl adjacent to an activating group) is 1. The van der Waals surface area contributed by atoms with Crippen LogP contribution in [0.5, 0.6) is 0 Å². The molecule has 0 amide bonds. The lowest BCUT2D eigenvalue weighted by atomic mass is 10.1. The molecule has 0 radical (unpaired) electrons. The summed E-state index contributed by atoms with van der Waals surface area (Å²) in [7, 11) is 2.19. The summed E-state index contributed by atoms with van der Waals surface area (Å²) >= 11 is 0. The molecule has 4 nitrogen and oxygen atoms in total. The van der Waals surface area contributed by atoms with Crippen molar-refractivity contribution in [2.45, 2.75) is 34.2 Å². The summed E-state index contributed by atoms with van der Waals surface area (Å²) in [5, 5.41) is 3.57. The summed E-state index contributed by atoms with van der Waals surface area (Å²) in [6.07, 6.45) is 0. The summed E-state index contributed by atoms with van der Waals surface area (Å²) in [5.74, 6) is 1.87. The van der Waals surface area contributed by atoms with E-state index in [1.165, 1.54) is 16.9 Å². The maximum Gasteiger partial charge on any atom is 0.133 e. The molecular formula is C17H30N4. The predicted octanol–water partition coefficient (Wildman–Crippen LogP) is 2.20. The van der Waals surface area contributed by atoms with Crippen molar-refractivity contribution in [2.75, 3.05) is 44.7 Å². The molecule has 2 heterocycles. The Kier molecular flexibility index (Phi) is 5.59. The van der Waals surface area contributed by atoms with Gasteiger partial charge in [0, 0.05) is 44.0 Å². The minimum Gasteiger partial charge on any atom is -0.354 e.